The number of pyridine rings is 1. The molecule has 9 nitrogen and oxygen atoms in total. The maximum Gasteiger partial charge on any atom is 0.255 e. The molecule has 178 valence electrons. The molecule has 2 aromatic heterocycles. The van der Waals surface area contributed by atoms with Gasteiger partial charge in [-0.2, -0.15) is 4.39 Å². The fourth-order valence-electron chi connectivity index (χ4n) is 4.09. The minimum atomic E-state index is -0.677. The topological polar surface area (TPSA) is 110 Å². The number of hydrogen-bond donors (Lipinski definition) is 3. The normalized spacial score (nSPS) is 21.2. The van der Waals surface area contributed by atoms with E-state index in [4.69, 9.17) is 21.1 Å². The third kappa shape index (κ3) is 6.14. The molecule has 0 bridgehead atoms. The Bertz CT molecular complexity index is 975. The van der Waals surface area contributed by atoms with Gasteiger partial charge in [0, 0.05) is 51.2 Å². The van der Waals surface area contributed by atoms with Crippen molar-refractivity contribution in [1.82, 2.24) is 20.3 Å². The van der Waals surface area contributed by atoms with Crippen molar-refractivity contribution in [2.24, 2.45) is 11.8 Å². The predicted octanol–water partition coefficient (Wildman–Crippen LogP) is 2.73. The van der Waals surface area contributed by atoms with Crippen LogP contribution in [0.1, 0.15) is 19.3 Å². The highest BCUT2D eigenvalue weighted by atomic mass is 35.5. The van der Waals surface area contributed by atoms with Gasteiger partial charge in [0.2, 0.25) is 5.91 Å². The van der Waals surface area contributed by atoms with Crippen LogP contribution >= 0.6 is 11.6 Å². The van der Waals surface area contributed by atoms with Gasteiger partial charge < -0.3 is 25.4 Å². The Kier molecular flexibility index (Phi) is 8.02. The molecule has 33 heavy (non-hydrogen) atoms. The molecule has 0 spiro atoms. The zero-order valence-corrected chi connectivity index (χ0v) is 19.2. The van der Waals surface area contributed by atoms with Gasteiger partial charge in [0.15, 0.2) is 5.82 Å². The summed E-state index contributed by atoms with van der Waals surface area (Å²) in [5.41, 5.74) is 0.891. The Morgan fingerprint density at radius 1 is 1.33 bits per heavy atom. The Balaban J connectivity index is 1.45. The van der Waals surface area contributed by atoms with Gasteiger partial charge in [-0.15, -0.1) is 0 Å². The first-order chi connectivity index (χ1) is 16.0. The second kappa shape index (κ2) is 11.1. The van der Waals surface area contributed by atoms with E-state index in [2.05, 4.69) is 30.9 Å². The molecule has 2 atom stereocenters. The molecule has 2 aromatic rings. The monoisotopic (exact) mass is 478 g/mol. The standard InChI is InChI=1S/C22H28ClFN6O3/c1-32-12-15-6-14(9-25-15)22(31)30-19-7-16(17(23)10-26-19)18-11-27-20(24)21(29-18)28-8-13-2-4-33-5-3-13/h7,10-11,13-15,25H,2-6,8-9,12H2,1H3,(H,28,29)(H,26,30,31)/t14-,15+/m1/s1. The highest BCUT2D eigenvalue weighted by Gasteiger charge is 2.29. The average molecular weight is 479 g/mol. The average Bonchev–Trinajstić information content (AvgIpc) is 3.30. The van der Waals surface area contributed by atoms with Crippen LogP contribution in [0, 0.1) is 17.8 Å². The van der Waals surface area contributed by atoms with Gasteiger partial charge in [-0.25, -0.2) is 15.0 Å². The molecule has 2 aliphatic rings. The molecule has 2 aliphatic heterocycles. The number of anilines is 2. The number of rotatable bonds is 8. The van der Waals surface area contributed by atoms with Gasteiger partial charge in [-0.1, -0.05) is 11.6 Å². The molecule has 0 radical (unpaired) electrons. The number of methoxy groups -OCH3 is 1. The van der Waals surface area contributed by atoms with Gasteiger partial charge in [-0.3, -0.25) is 4.79 Å². The predicted molar refractivity (Wildman–Crippen MR) is 123 cm³/mol. The van der Waals surface area contributed by atoms with Crippen molar-refractivity contribution in [3.05, 3.63) is 29.4 Å². The molecule has 0 aliphatic carbocycles. The van der Waals surface area contributed by atoms with Crippen LogP contribution in [-0.2, 0) is 14.3 Å². The van der Waals surface area contributed by atoms with Crippen LogP contribution in [0.5, 0.6) is 0 Å². The lowest BCUT2D eigenvalue weighted by atomic mass is 10.0. The van der Waals surface area contributed by atoms with Gasteiger partial charge in [0.05, 0.1) is 29.4 Å². The van der Waals surface area contributed by atoms with E-state index in [-0.39, 0.29) is 23.7 Å². The molecule has 3 N–H and O–H groups in total. The van der Waals surface area contributed by atoms with E-state index in [1.165, 1.54) is 12.4 Å². The molecular weight excluding hydrogens is 451 g/mol. The van der Waals surface area contributed by atoms with E-state index >= 15 is 0 Å². The van der Waals surface area contributed by atoms with Crippen LogP contribution in [0.15, 0.2) is 18.5 Å². The van der Waals surface area contributed by atoms with Crippen molar-refractivity contribution < 1.29 is 18.7 Å². The van der Waals surface area contributed by atoms with Gasteiger partial charge in [0.25, 0.3) is 5.95 Å². The summed E-state index contributed by atoms with van der Waals surface area (Å²) in [6.07, 6.45) is 5.28. The molecule has 4 rings (SSSR count). The van der Waals surface area contributed by atoms with Crippen molar-refractivity contribution in [3.63, 3.8) is 0 Å². The molecule has 11 heteroatoms. The van der Waals surface area contributed by atoms with Crippen molar-refractivity contribution in [1.29, 1.82) is 0 Å². The van der Waals surface area contributed by atoms with Crippen LogP contribution in [-0.4, -0.2) is 66.9 Å². The minimum absolute atomic E-state index is 0.0682. The molecule has 0 saturated carbocycles. The number of aromatic nitrogens is 3. The van der Waals surface area contributed by atoms with E-state index in [0.29, 0.717) is 67.3 Å². The zero-order valence-electron chi connectivity index (χ0n) is 18.4. The fourth-order valence-corrected chi connectivity index (χ4v) is 4.29. The molecule has 2 fully saturated rings. The number of carbonyl (C=O) groups excluding carboxylic acids is 1. The molecule has 2 saturated heterocycles. The summed E-state index contributed by atoms with van der Waals surface area (Å²) in [6, 6.07) is 1.78. The third-order valence-electron chi connectivity index (χ3n) is 5.97. The molecule has 0 aromatic carbocycles. The van der Waals surface area contributed by atoms with Crippen LogP contribution in [0.4, 0.5) is 16.0 Å². The molecule has 1 amide bonds. The zero-order chi connectivity index (χ0) is 23.2. The van der Waals surface area contributed by atoms with Gasteiger partial charge >= 0.3 is 0 Å². The summed E-state index contributed by atoms with van der Waals surface area (Å²) >= 11 is 6.34. The summed E-state index contributed by atoms with van der Waals surface area (Å²) in [6.45, 7) is 3.15. The SMILES string of the molecule is COC[C@@H]1C[C@@H](C(=O)Nc2cc(-c3cnc(F)c(NCC4CCOCC4)n3)c(Cl)cn2)CN1. The van der Waals surface area contributed by atoms with Crippen molar-refractivity contribution >= 4 is 29.1 Å². The second-order valence-corrected chi connectivity index (χ2v) is 8.77. The quantitative estimate of drug-likeness (QED) is 0.531. The number of nitrogens with zero attached hydrogens (tertiary/aromatic N) is 3. The number of halogens is 2. The first kappa shape index (κ1) is 23.7. The first-order valence-corrected chi connectivity index (χ1v) is 11.4. The highest BCUT2D eigenvalue weighted by molar-refractivity contribution is 6.33. The lowest BCUT2D eigenvalue weighted by Crippen LogP contribution is -2.26. The summed E-state index contributed by atoms with van der Waals surface area (Å²) in [7, 11) is 1.64. The van der Waals surface area contributed by atoms with E-state index in [0.717, 1.165) is 12.8 Å². The van der Waals surface area contributed by atoms with Crippen molar-refractivity contribution in [2.75, 3.05) is 50.7 Å². The number of nitrogens with one attached hydrogen (secondary N) is 3. The number of ether oxygens (including phenoxy) is 2. The number of amides is 1. The largest absolute Gasteiger partial charge is 0.383 e. The highest BCUT2D eigenvalue weighted by Crippen LogP contribution is 2.29. The maximum atomic E-state index is 14.3. The molecular formula is C22H28ClFN6O3. The van der Waals surface area contributed by atoms with E-state index in [1.807, 2.05) is 0 Å². The van der Waals surface area contributed by atoms with E-state index in [9.17, 15) is 9.18 Å². The molecule has 4 heterocycles. The fraction of sp³-hybridized carbons (Fsp3) is 0.545. The van der Waals surface area contributed by atoms with Gasteiger partial charge in [-0.05, 0) is 31.2 Å². The van der Waals surface area contributed by atoms with Crippen LogP contribution in [0.2, 0.25) is 5.02 Å². The molecule has 0 unspecified atom stereocenters. The van der Waals surface area contributed by atoms with Crippen LogP contribution in [0.3, 0.4) is 0 Å². The third-order valence-corrected chi connectivity index (χ3v) is 6.27. The Labute approximate surface area is 196 Å². The maximum absolute atomic E-state index is 14.3. The van der Waals surface area contributed by atoms with Crippen LogP contribution in [0.25, 0.3) is 11.3 Å². The van der Waals surface area contributed by atoms with E-state index < -0.39 is 5.95 Å². The van der Waals surface area contributed by atoms with Crippen molar-refractivity contribution in [2.45, 2.75) is 25.3 Å². The lowest BCUT2D eigenvalue weighted by Gasteiger charge is -2.22. The lowest BCUT2D eigenvalue weighted by molar-refractivity contribution is -0.119. The minimum Gasteiger partial charge on any atom is -0.383 e. The first-order valence-electron chi connectivity index (χ1n) is 11.1. The Morgan fingerprint density at radius 3 is 2.94 bits per heavy atom. The van der Waals surface area contributed by atoms with Gasteiger partial charge in [0.1, 0.15) is 5.82 Å². The summed E-state index contributed by atoms with van der Waals surface area (Å²) in [5.74, 6) is -0.188. The summed E-state index contributed by atoms with van der Waals surface area (Å²) in [4.78, 5) is 25.1. The number of hydrogen-bond acceptors (Lipinski definition) is 8. The Morgan fingerprint density at radius 2 is 2.15 bits per heavy atom. The summed E-state index contributed by atoms with van der Waals surface area (Å²) < 4.78 is 24.8. The smallest absolute Gasteiger partial charge is 0.255 e. The van der Waals surface area contributed by atoms with Crippen molar-refractivity contribution in [3.8, 4) is 11.3 Å². The summed E-state index contributed by atoms with van der Waals surface area (Å²) in [5, 5.41) is 9.50. The number of carbonyl (C=O) groups is 1. The van der Waals surface area contributed by atoms with E-state index in [1.54, 1.807) is 13.2 Å². The second-order valence-electron chi connectivity index (χ2n) is 8.36. The van der Waals surface area contributed by atoms with Crippen LogP contribution < -0.4 is 16.0 Å². The Hall–Kier alpha value is -2.40.